The molecule has 3 N–H and O–H groups in total. The summed E-state index contributed by atoms with van der Waals surface area (Å²) in [4.78, 5) is 0. The topological polar surface area (TPSA) is 72.8 Å². The SMILES string of the molecule is N/C(=N/O)c1ccc2ccn(CC3CCOCC3)c2c1. The molecule has 0 spiro atoms. The summed E-state index contributed by atoms with van der Waals surface area (Å²) in [6.45, 7) is 2.71. The minimum atomic E-state index is 0.144. The zero-order valence-electron chi connectivity index (χ0n) is 11.3. The Balaban J connectivity index is 1.90. The maximum Gasteiger partial charge on any atom is 0.170 e. The van der Waals surface area contributed by atoms with Crippen LogP contribution in [0.3, 0.4) is 0 Å². The molecule has 1 aliphatic rings. The Bertz CT molecular complexity index is 627. The van der Waals surface area contributed by atoms with Gasteiger partial charge in [0.2, 0.25) is 0 Å². The van der Waals surface area contributed by atoms with Crippen LogP contribution >= 0.6 is 0 Å². The van der Waals surface area contributed by atoms with Crippen molar-refractivity contribution in [2.24, 2.45) is 16.8 Å². The van der Waals surface area contributed by atoms with Gasteiger partial charge in [-0.2, -0.15) is 0 Å². The number of nitrogens with zero attached hydrogens (tertiary/aromatic N) is 2. The molecule has 5 heteroatoms. The molecule has 0 saturated carbocycles. The van der Waals surface area contributed by atoms with Gasteiger partial charge in [-0.1, -0.05) is 17.3 Å². The summed E-state index contributed by atoms with van der Waals surface area (Å²) in [5.41, 5.74) is 7.53. The van der Waals surface area contributed by atoms with Crippen molar-refractivity contribution >= 4 is 16.7 Å². The first-order valence-corrected chi connectivity index (χ1v) is 6.92. The summed E-state index contributed by atoms with van der Waals surface area (Å²) in [6, 6.07) is 7.95. The molecule has 1 aliphatic heterocycles. The van der Waals surface area contributed by atoms with E-state index in [0.717, 1.165) is 43.7 Å². The molecule has 0 unspecified atom stereocenters. The molecule has 2 aromatic rings. The number of hydrogen-bond donors (Lipinski definition) is 2. The minimum Gasteiger partial charge on any atom is -0.409 e. The first kappa shape index (κ1) is 13.0. The van der Waals surface area contributed by atoms with E-state index in [1.54, 1.807) is 0 Å². The number of ether oxygens (including phenoxy) is 1. The van der Waals surface area contributed by atoms with Crippen molar-refractivity contribution in [3.63, 3.8) is 0 Å². The lowest BCUT2D eigenvalue weighted by molar-refractivity contribution is 0.0616. The van der Waals surface area contributed by atoms with Crippen LogP contribution in [0.1, 0.15) is 18.4 Å². The van der Waals surface area contributed by atoms with Gasteiger partial charge in [0.15, 0.2) is 5.84 Å². The first-order valence-electron chi connectivity index (χ1n) is 6.92. The van der Waals surface area contributed by atoms with Crippen molar-refractivity contribution in [2.75, 3.05) is 13.2 Å². The number of aromatic nitrogens is 1. The van der Waals surface area contributed by atoms with E-state index in [1.165, 1.54) is 5.39 Å². The quantitative estimate of drug-likeness (QED) is 0.389. The number of amidine groups is 1. The van der Waals surface area contributed by atoms with Crippen LogP contribution < -0.4 is 5.73 Å². The highest BCUT2D eigenvalue weighted by Gasteiger charge is 2.15. The van der Waals surface area contributed by atoms with Gasteiger partial charge in [0.1, 0.15) is 0 Å². The van der Waals surface area contributed by atoms with Gasteiger partial charge in [-0.05, 0) is 36.3 Å². The highest BCUT2D eigenvalue weighted by molar-refractivity contribution is 6.00. The van der Waals surface area contributed by atoms with Gasteiger partial charge in [-0.3, -0.25) is 0 Å². The molecule has 0 bridgehead atoms. The smallest absolute Gasteiger partial charge is 0.170 e. The fourth-order valence-corrected chi connectivity index (χ4v) is 2.77. The van der Waals surface area contributed by atoms with Crippen LogP contribution in [0, 0.1) is 5.92 Å². The van der Waals surface area contributed by atoms with Crippen molar-refractivity contribution in [2.45, 2.75) is 19.4 Å². The molecule has 106 valence electrons. The van der Waals surface area contributed by atoms with Gasteiger partial charge >= 0.3 is 0 Å². The van der Waals surface area contributed by atoms with Crippen LogP contribution in [0.2, 0.25) is 0 Å². The van der Waals surface area contributed by atoms with E-state index in [9.17, 15) is 0 Å². The summed E-state index contributed by atoms with van der Waals surface area (Å²) in [6.07, 6.45) is 4.33. The zero-order chi connectivity index (χ0) is 13.9. The average molecular weight is 273 g/mol. The van der Waals surface area contributed by atoms with Crippen LogP contribution in [0.5, 0.6) is 0 Å². The molecule has 1 aromatic carbocycles. The van der Waals surface area contributed by atoms with E-state index >= 15 is 0 Å². The van der Waals surface area contributed by atoms with Crippen LogP contribution in [-0.2, 0) is 11.3 Å². The second kappa shape index (κ2) is 5.54. The minimum absolute atomic E-state index is 0.144. The Morgan fingerprint density at radius 3 is 2.90 bits per heavy atom. The van der Waals surface area contributed by atoms with Crippen molar-refractivity contribution in [1.82, 2.24) is 4.57 Å². The van der Waals surface area contributed by atoms with Gasteiger partial charge in [0, 0.05) is 37.0 Å². The molecule has 1 fully saturated rings. The van der Waals surface area contributed by atoms with E-state index in [2.05, 4.69) is 22.0 Å². The largest absolute Gasteiger partial charge is 0.409 e. The highest BCUT2D eigenvalue weighted by atomic mass is 16.5. The Morgan fingerprint density at radius 2 is 2.15 bits per heavy atom. The van der Waals surface area contributed by atoms with Gasteiger partial charge in [0.05, 0.1) is 0 Å². The normalized spacial score (nSPS) is 17.7. The fourth-order valence-electron chi connectivity index (χ4n) is 2.77. The lowest BCUT2D eigenvalue weighted by Crippen LogP contribution is -2.20. The predicted molar refractivity (Wildman–Crippen MR) is 78.0 cm³/mol. The number of rotatable bonds is 3. The number of benzene rings is 1. The second-order valence-electron chi connectivity index (χ2n) is 5.28. The molecule has 0 radical (unpaired) electrons. The van der Waals surface area contributed by atoms with E-state index in [4.69, 9.17) is 15.7 Å². The van der Waals surface area contributed by atoms with E-state index in [-0.39, 0.29) is 5.84 Å². The molecule has 0 aliphatic carbocycles. The van der Waals surface area contributed by atoms with Gasteiger partial charge in [-0.25, -0.2) is 0 Å². The molecular weight excluding hydrogens is 254 g/mol. The number of fused-ring (bicyclic) bond motifs is 1. The fraction of sp³-hybridized carbons (Fsp3) is 0.400. The summed E-state index contributed by atoms with van der Waals surface area (Å²) >= 11 is 0. The summed E-state index contributed by atoms with van der Waals surface area (Å²) < 4.78 is 7.65. The van der Waals surface area contributed by atoms with Crippen molar-refractivity contribution in [1.29, 1.82) is 0 Å². The highest BCUT2D eigenvalue weighted by Crippen LogP contribution is 2.22. The number of nitrogens with two attached hydrogens (primary N) is 1. The molecule has 5 nitrogen and oxygen atoms in total. The first-order chi connectivity index (χ1) is 9.78. The van der Waals surface area contributed by atoms with Crippen molar-refractivity contribution in [3.05, 3.63) is 36.0 Å². The third kappa shape index (κ3) is 2.49. The third-order valence-corrected chi connectivity index (χ3v) is 3.97. The van der Waals surface area contributed by atoms with Gasteiger partial charge < -0.3 is 20.2 Å². The Hall–Kier alpha value is -2.01. The molecule has 0 amide bonds. The molecule has 0 atom stereocenters. The summed E-state index contributed by atoms with van der Waals surface area (Å²) in [5, 5.41) is 13.0. The van der Waals surface area contributed by atoms with Crippen molar-refractivity contribution < 1.29 is 9.94 Å². The predicted octanol–water partition coefficient (Wildman–Crippen LogP) is 2.16. The lowest BCUT2D eigenvalue weighted by Gasteiger charge is -2.22. The van der Waals surface area contributed by atoms with Crippen LogP contribution in [0.4, 0.5) is 0 Å². The van der Waals surface area contributed by atoms with E-state index < -0.39 is 0 Å². The Labute approximate surface area is 117 Å². The van der Waals surface area contributed by atoms with Crippen LogP contribution in [0.15, 0.2) is 35.6 Å². The number of hydrogen-bond acceptors (Lipinski definition) is 3. The van der Waals surface area contributed by atoms with Gasteiger partial charge in [-0.15, -0.1) is 0 Å². The zero-order valence-corrected chi connectivity index (χ0v) is 11.3. The number of oxime groups is 1. The van der Waals surface area contributed by atoms with E-state index in [1.807, 2.05) is 18.2 Å². The molecule has 1 aromatic heterocycles. The standard InChI is InChI=1S/C15H19N3O2/c16-15(17-19)13-2-1-12-3-6-18(14(12)9-13)10-11-4-7-20-8-5-11/h1-3,6,9,11,19H,4-5,7-8,10H2,(H2,16,17). The molecule has 3 rings (SSSR count). The van der Waals surface area contributed by atoms with Gasteiger partial charge in [0.25, 0.3) is 0 Å². The summed E-state index contributed by atoms with van der Waals surface area (Å²) in [7, 11) is 0. The molecule has 1 saturated heterocycles. The second-order valence-corrected chi connectivity index (χ2v) is 5.28. The monoisotopic (exact) mass is 273 g/mol. The maximum absolute atomic E-state index is 8.78. The van der Waals surface area contributed by atoms with Crippen LogP contribution in [0.25, 0.3) is 10.9 Å². The van der Waals surface area contributed by atoms with E-state index in [0.29, 0.717) is 5.92 Å². The Morgan fingerprint density at radius 1 is 1.35 bits per heavy atom. The summed E-state index contributed by atoms with van der Waals surface area (Å²) in [5.74, 6) is 0.803. The third-order valence-electron chi connectivity index (χ3n) is 3.97. The lowest BCUT2D eigenvalue weighted by atomic mass is 10.0. The Kier molecular flexibility index (Phi) is 3.60. The molecule has 2 heterocycles. The average Bonchev–Trinajstić information content (AvgIpc) is 2.90. The molecular formula is C15H19N3O2. The maximum atomic E-state index is 8.78. The molecule has 20 heavy (non-hydrogen) atoms. The van der Waals surface area contributed by atoms with Crippen molar-refractivity contribution in [3.8, 4) is 0 Å². The van der Waals surface area contributed by atoms with Crippen LogP contribution in [-0.4, -0.2) is 28.8 Å².